The van der Waals surface area contributed by atoms with Crippen molar-refractivity contribution in [3.8, 4) is 0 Å². The molecule has 2 N–H and O–H groups in total. The number of ether oxygens (including phenoxy) is 1. The molecule has 2 aromatic carbocycles. The molecule has 94 valence electrons. The molecule has 0 spiro atoms. The van der Waals surface area contributed by atoms with Crippen LogP contribution < -0.4 is 15.6 Å². The van der Waals surface area contributed by atoms with E-state index in [1.54, 1.807) is 0 Å². The minimum absolute atomic E-state index is 0.0395. The van der Waals surface area contributed by atoms with Crippen LogP contribution in [-0.2, 0) is 4.74 Å². The van der Waals surface area contributed by atoms with Crippen LogP contribution in [0.15, 0.2) is 54.6 Å². The minimum Gasteiger partial charge on any atom is -0.446 e. The summed E-state index contributed by atoms with van der Waals surface area (Å²) in [6.07, 6.45) is 0. The fourth-order valence-electron chi connectivity index (χ4n) is 2.28. The number of anilines is 1. The average Bonchev–Trinajstić information content (AvgIpc) is 2.48. The van der Waals surface area contributed by atoms with E-state index in [0.717, 1.165) is 17.1 Å². The molecular weight excluding hydrogens is 235 g/mol. The van der Waals surface area contributed by atoms with E-state index in [-0.39, 0.29) is 6.98 Å². The zero-order chi connectivity index (χ0) is 13.1. The van der Waals surface area contributed by atoms with Gasteiger partial charge in [0.25, 0.3) is 0 Å². The van der Waals surface area contributed by atoms with E-state index in [1.165, 1.54) is 5.46 Å². The molecule has 3 rings (SSSR count). The summed E-state index contributed by atoms with van der Waals surface area (Å²) in [6, 6.07) is 18.5. The van der Waals surface area contributed by atoms with Crippen molar-refractivity contribution in [3.63, 3.8) is 0 Å². The van der Waals surface area contributed by atoms with Gasteiger partial charge in [-0.2, -0.15) is 0 Å². The van der Waals surface area contributed by atoms with Gasteiger partial charge in [-0.1, -0.05) is 42.5 Å². The highest BCUT2D eigenvalue weighted by atomic mass is 16.5. The predicted octanol–water partition coefficient (Wildman–Crippen LogP) is 0.371. The summed E-state index contributed by atoms with van der Waals surface area (Å²) in [7, 11) is 0. The predicted molar refractivity (Wildman–Crippen MR) is 78.6 cm³/mol. The van der Waals surface area contributed by atoms with Gasteiger partial charge in [-0.15, -0.1) is 0 Å². The standard InChI is InChI=1S/C15H15BN2O/c1-2-19-15-13-10-6-7-11-14(13)17-16(18-15)12-8-4-3-5-9-12/h3-11,17H,2H2,1H3/p+1. The van der Waals surface area contributed by atoms with Gasteiger partial charge in [0.2, 0.25) is 0 Å². The Kier molecular flexibility index (Phi) is 3.23. The van der Waals surface area contributed by atoms with Crippen LogP contribution in [0.5, 0.6) is 0 Å². The van der Waals surface area contributed by atoms with Crippen LogP contribution in [0.3, 0.4) is 0 Å². The van der Waals surface area contributed by atoms with E-state index in [4.69, 9.17) is 4.74 Å². The first-order valence-corrected chi connectivity index (χ1v) is 6.55. The molecule has 1 heterocycles. The summed E-state index contributed by atoms with van der Waals surface area (Å²) in [4.78, 5) is 3.41. The number of rotatable bonds is 2. The monoisotopic (exact) mass is 251 g/mol. The number of benzene rings is 2. The van der Waals surface area contributed by atoms with Crippen molar-refractivity contribution in [3.05, 3.63) is 60.2 Å². The fraction of sp³-hybridized carbons (Fsp3) is 0.133. The molecule has 0 atom stereocenters. The van der Waals surface area contributed by atoms with Crippen LogP contribution >= 0.6 is 0 Å². The molecule has 3 nitrogen and oxygen atoms in total. The van der Waals surface area contributed by atoms with Crippen molar-refractivity contribution in [2.24, 2.45) is 0 Å². The second-order valence-corrected chi connectivity index (χ2v) is 4.44. The first-order valence-electron chi connectivity index (χ1n) is 6.55. The summed E-state index contributed by atoms with van der Waals surface area (Å²) in [5.74, 6) is 0.839. The lowest BCUT2D eigenvalue weighted by atomic mass is 9.67. The van der Waals surface area contributed by atoms with Gasteiger partial charge in [0, 0.05) is 11.2 Å². The van der Waals surface area contributed by atoms with Crippen molar-refractivity contribution < 1.29 is 9.64 Å². The number of nitrogens with one attached hydrogen (secondary N) is 2. The molecule has 19 heavy (non-hydrogen) atoms. The SMILES string of the molecule is CCOC1=[NH+]B(c2ccccc2)Nc2ccccc21. The molecule has 0 saturated carbocycles. The van der Waals surface area contributed by atoms with E-state index in [9.17, 15) is 0 Å². The third kappa shape index (κ3) is 2.34. The van der Waals surface area contributed by atoms with Crippen LogP contribution in [-0.4, -0.2) is 19.5 Å². The van der Waals surface area contributed by atoms with Gasteiger partial charge in [0.05, 0.1) is 6.61 Å². The summed E-state index contributed by atoms with van der Waals surface area (Å²) in [6.45, 7) is 2.69. The third-order valence-corrected chi connectivity index (χ3v) is 3.17. The van der Waals surface area contributed by atoms with E-state index in [2.05, 4.69) is 34.4 Å². The van der Waals surface area contributed by atoms with E-state index < -0.39 is 0 Å². The first kappa shape index (κ1) is 11.8. The molecule has 0 saturated heterocycles. The lowest BCUT2D eigenvalue weighted by molar-refractivity contribution is -0.307. The summed E-state index contributed by atoms with van der Waals surface area (Å²) < 4.78 is 5.73. The zero-order valence-electron chi connectivity index (χ0n) is 10.9. The maximum absolute atomic E-state index is 5.73. The van der Waals surface area contributed by atoms with Crippen LogP contribution in [0.2, 0.25) is 0 Å². The van der Waals surface area contributed by atoms with Gasteiger partial charge in [-0.05, 0) is 19.1 Å². The minimum atomic E-state index is 0.0395. The molecule has 0 bridgehead atoms. The van der Waals surface area contributed by atoms with Crippen LogP contribution in [0.25, 0.3) is 0 Å². The van der Waals surface area contributed by atoms with Gasteiger partial charge < -0.3 is 9.96 Å². The van der Waals surface area contributed by atoms with Crippen LogP contribution in [0.1, 0.15) is 12.5 Å². The molecule has 1 aliphatic rings. The van der Waals surface area contributed by atoms with Crippen molar-refractivity contribution in [2.45, 2.75) is 6.92 Å². The number of hydrogen-bond acceptors (Lipinski definition) is 2. The van der Waals surface area contributed by atoms with Crippen molar-refractivity contribution >= 4 is 24.0 Å². The highest BCUT2D eigenvalue weighted by molar-refractivity contribution is 6.69. The summed E-state index contributed by atoms with van der Waals surface area (Å²) in [5, 5.41) is 3.49. The average molecular weight is 251 g/mol. The lowest BCUT2D eigenvalue weighted by Crippen LogP contribution is -2.91. The smallest absolute Gasteiger partial charge is 0.446 e. The molecule has 1 aliphatic heterocycles. The van der Waals surface area contributed by atoms with Gasteiger partial charge >= 0.3 is 12.9 Å². The Bertz CT molecular complexity index is 598. The van der Waals surface area contributed by atoms with E-state index in [1.807, 2.05) is 37.3 Å². The Morgan fingerprint density at radius 3 is 2.58 bits per heavy atom. The Labute approximate surface area is 113 Å². The van der Waals surface area contributed by atoms with Gasteiger partial charge in [0.1, 0.15) is 5.56 Å². The van der Waals surface area contributed by atoms with E-state index in [0.29, 0.717) is 6.61 Å². The first-order chi connectivity index (χ1) is 9.38. The quantitative estimate of drug-likeness (QED) is 0.756. The zero-order valence-corrected chi connectivity index (χ0v) is 10.9. The second kappa shape index (κ2) is 5.18. The number of para-hydroxylation sites is 1. The maximum Gasteiger partial charge on any atom is 0.645 e. The molecule has 4 heteroatoms. The summed E-state index contributed by atoms with van der Waals surface area (Å²) >= 11 is 0. The van der Waals surface area contributed by atoms with Gasteiger partial charge in [-0.25, -0.2) is 0 Å². The second-order valence-electron chi connectivity index (χ2n) is 4.44. The molecule has 0 fully saturated rings. The third-order valence-electron chi connectivity index (χ3n) is 3.17. The van der Waals surface area contributed by atoms with E-state index >= 15 is 0 Å². The molecule has 2 aromatic rings. The molecule has 0 unspecified atom stereocenters. The van der Waals surface area contributed by atoms with Gasteiger partial charge in [-0.3, -0.25) is 4.90 Å². The molecule has 0 aromatic heterocycles. The number of fused-ring (bicyclic) bond motifs is 1. The Morgan fingerprint density at radius 1 is 1.05 bits per heavy atom. The highest BCUT2D eigenvalue weighted by Crippen LogP contribution is 2.16. The van der Waals surface area contributed by atoms with Crippen molar-refractivity contribution in [2.75, 3.05) is 11.8 Å². The molecule has 0 amide bonds. The maximum atomic E-state index is 5.73. The van der Waals surface area contributed by atoms with Crippen molar-refractivity contribution in [1.29, 1.82) is 0 Å². The normalized spacial score (nSPS) is 13.3. The molecule has 0 aliphatic carbocycles. The molecule has 0 radical (unpaired) electrons. The topological polar surface area (TPSA) is 35.2 Å². The molecular formula is C15H16BN2O+. The van der Waals surface area contributed by atoms with Crippen LogP contribution in [0.4, 0.5) is 5.69 Å². The Balaban J connectivity index is 2.01. The lowest BCUT2D eigenvalue weighted by Gasteiger charge is -2.16. The van der Waals surface area contributed by atoms with Crippen molar-refractivity contribution in [1.82, 2.24) is 0 Å². The highest BCUT2D eigenvalue weighted by Gasteiger charge is 2.35. The van der Waals surface area contributed by atoms with Crippen LogP contribution in [0, 0.1) is 0 Å². The fourth-order valence-corrected chi connectivity index (χ4v) is 2.28. The Hall–Kier alpha value is -2.23. The largest absolute Gasteiger partial charge is 0.645 e. The Morgan fingerprint density at radius 2 is 1.79 bits per heavy atom. The van der Waals surface area contributed by atoms with Gasteiger partial charge in [0.15, 0.2) is 0 Å². The summed E-state index contributed by atoms with van der Waals surface area (Å²) in [5.41, 5.74) is 3.37. The number of hydrogen-bond donors (Lipinski definition) is 2.